The molecule has 2 N–H and O–H groups in total. The molecule has 1 aromatic carbocycles. The predicted octanol–water partition coefficient (Wildman–Crippen LogP) is 0.569. The van der Waals surface area contributed by atoms with Crippen LogP contribution in [0.4, 0.5) is 0 Å². The van der Waals surface area contributed by atoms with E-state index in [4.69, 9.17) is 4.74 Å². The number of ether oxygens (including phenoxy) is 1. The number of hydrogen-bond acceptors (Lipinski definition) is 4. The zero-order valence-corrected chi connectivity index (χ0v) is 10.6. The van der Waals surface area contributed by atoms with Crippen LogP contribution in [0.5, 0.6) is 0 Å². The van der Waals surface area contributed by atoms with Gasteiger partial charge < -0.3 is 15.2 Å². The molecule has 19 heavy (non-hydrogen) atoms. The summed E-state index contributed by atoms with van der Waals surface area (Å²) in [6, 6.07) is 5.23. The zero-order valence-electron chi connectivity index (χ0n) is 10.6. The standard InChI is InChI=1S/C14H15NO4/c1-19-12(17)9-4-2-3-8-7-14(11(16)10(8)9)5-6-15-13(14)18/h2-4,11,16H,5-7H2,1H3,(H,15,18). The number of rotatable bonds is 1. The largest absolute Gasteiger partial charge is 0.465 e. The fraction of sp³-hybridized carbons (Fsp3) is 0.429. The Kier molecular flexibility index (Phi) is 2.60. The van der Waals surface area contributed by atoms with Gasteiger partial charge in [-0.3, -0.25) is 4.79 Å². The van der Waals surface area contributed by atoms with Gasteiger partial charge >= 0.3 is 5.97 Å². The zero-order chi connectivity index (χ0) is 13.6. The van der Waals surface area contributed by atoms with E-state index in [9.17, 15) is 14.7 Å². The number of aliphatic hydroxyl groups is 1. The minimum Gasteiger partial charge on any atom is -0.465 e. The van der Waals surface area contributed by atoms with Crippen LogP contribution in [0.1, 0.15) is 34.0 Å². The molecule has 5 heteroatoms. The van der Waals surface area contributed by atoms with Gasteiger partial charge in [0.05, 0.1) is 24.2 Å². The van der Waals surface area contributed by atoms with E-state index in [1.165, 1.54) is 7.11 Å². The molecule has 1 saturated heterocycles. The highest BCUT2D eigenvalue weighted by Crippen LogP contribution is 2.51. The van der Waals surface area contributed by atoms with Gasteiger partial charge in [0, 0.05) is 6.54 Å². The first kappa shape index (κ1) is 12.2. The van der Waals surface area contributed by atoms with Gasteiger partial charge in [-0.1, -0.05) is 12.1 Å². The summed E-state index contributed by atoms with van der Waals surface area (Å²) >= 11 is 0. The number of carbonyl (C=O) groups excluding carboxylic acids is 2. The summed E-state index contributed by atoms with van der Waals surface area (Å²) < 4.78 is 4.74. The molecule has 2 atom stereocenters. The Morgan fingerprint density at radius 2 is 2.32 bits per heavy atom. The molecule has 0 radical (unpaired) electrons. The first-order valence-electron chi connectivity index (χ1n) is 6.26. The summed E-state index contributed by atoms with van der Waals surface area (Å²) in [7, 11) is 1.31. The second-order valence-corrected chi connectivity index (χ2v) is 5.11. The number of aliphatic hydroxyl groups excluding tert-OH is 1. The molecule has 2 unspecified atom stereocenters. The Morgan fingerprint density at radius 3 is 2.95 bits per heavy atom. The molecule has 0 aromatic heterocycles. The predicted molar refractivity (Wildman–Crippen MR) is 66.5 cm³/mol. The Labute approximate surface area is 110 Å². The van der Waals surface area contributed by atoms with E-state index in [0.717, 1.165) is 5.56 Å². The van der Waals surface area contributed by atoms with E-state index < -0.39 is 17.5 Å². The molecule has 5 nitrogen and oxygen atoms in total. The topological polar surface area (TPSA) is 75.6 Å². The molecule has 1 spiro atoms. The molecule has 2 aliphatic rings. The van der Waals surface area contributed by atoms with Crippen LogP contribution in [-0.4, -0.2) is 30.6 Å². The fourth-order valence-corrected chi connectivity index (χ4v) is 3.21. The first-order chi connectivity index (χ1) is 9.10. The van der Waals surface area contributed by atoms with Gasteiger partial charge in [-0.15, -0.1) is 0 Å². The number of amides is 1. The SMILES string of the molecule is COC(=O)c1cccc2c1C(O)C1(CCNC1=O)C2. The summed E-state index contributed by atoms with van der Waals surface area (Å²) in [6.45, 7) is 0.567. The lowest BCUT2D eigenvalue weighted by Crippen LogP contribution is -2.35. The molecular formula is C14H15NO4. The summed E-state index contributed by atoms with van der Waals surface area (Å²) in [5.41, 5.74) is 0.940. The molecule has 1 aromatic rings. The minimum absolute atomic E-state index is 0.132. The summed E-state index contributed by atoms with van der Waals surface area (Å²) in [5, 5.41) is 13.3. The van der Waals surface area contributed by atoms with Gasteiger partial charge in [-0.25, -0.2) is 4.79 Å². The second kappa shape index (κ2) is 4.06. The molecule has 3 rings (SSSR count). The van der Waals surface area contributed by atoms with Crippen LogP contribution in [-0.2, 0) is 16.0 Å². The fourth-order valence-electron chi connectivity index (χ4n) is 3.21. The first-order valence-corrected chi connectivity index (χ1v) is 6.26. The van der Waals surface area contributed by atoms with E-state index in [2.05, 4.69) is 5.32 Å². The number of methoxy groups -OCH3 is 1. The van der Waals surface area contributed by atoms with Crippen LogP contribution in [0.15, 0.2) is 18.2 Å². The molecule has 1 fully saturated rings. The Hall–Kier alpha value is -1.88. The maximum absolute atomic E-state index is 12.0. The monoisotopic (exact) mass is 261 g/mol. The lowest BCUT2D eigenvalue weighted by Gasteiger charge is -2.24. The average Bonchev–Trinajstić information content (AvgIpc) is 2.92. The number of benzene rings is 1. The van der Waals surface area contributed by atoms with Gasteiger partial charge in [-0.2, -0.15) is 0 Å². The minimum atomic E-state index is -0.944. The number of carbonyl (C=O) groups is 2. The average molecular weight is 261 g/mol. The van der Waals surface area contributed by atoms with Crippen molar-refractivity contribution in [1.29, 1.82) is 0 Å². The van der Waals surface area contributed by atoms with Crippen LogP contribution in [0.25, 0.3) is 0 Å². The van der Waals surface area contributed by atoms with Crippen LogP contribution < -0.4 is 5.32 Å². The van der Waals surface area contributed by atoms with Crippen LogP contribution >= 0.6 is 0 Å². The van der Waals surface area contributed by atoms with E-state index >= 15 is 0 Å². The molecule has 1 aliphatic heterocycles. The highest BCUT2D eigenvalue weighted by Gasteiger charge is 2.54. The van der Waals surface area contributed by atoms with Crippen molar-refractivity contribution in [3.8, 4) is 0 Å². The van der Waals surface area contributed by atoms with Crippen molar-refractivity contribution in [2.24, 2.45) is 5.41 Å². The third kappa shape index (κ3) is 1.51. The third-order valence-corrected chi connectivity index (χ3v) is 4.21. The van der Waals surface area contributed by atoms with Crippen molar-refractivity contribution in [3.05, 3.63) is 34.9 Å². The van der Waals surface area contributed by atoms with Gasteiger partial charge in [0.15, 0.2) is 0 Å². The summed E-state index contributed by atoms with van der Waals surface area (Å²) in [6.07, 6.45) is 0.114. The third-order valence-electron chi connectivity index (χ3n) is 4.21. The molecule has 1 amide bonds. The smallest absolute Gasteiger partial charge is 0.338 e. The Morgan fingerprint density at radius 1 is 1.53 bits per heavy atom. The van der Waals surface area contributed by atoms with Crippen molar-refractivity contribution >= 4 is 11.9 Å². The van der Waals surface area contributed by atoms with Crippen molar-refractivity contribution in [1.82, 2.24) is 5.32 Å². The highest BCUT2D eigenvalue weighted by molar-refractivity contribution is 5.94. The number of fused-ring (bicyclic) bond motifs is 1. The second-order valence-electron chi connectivity index (χ2n) is 5.11. The maximum atomic E-state index is 12.0. The van der Waals surface area contributed by atoms with Crippen LogP contribution in [0, 0.1) is 5.41 Å². The van der Waals surface area contributed by atoms with Crippen LogP contribution in [0.2, 0.25) is 0 Å². The summed E-state index contributed by atoms with van der Waals surface area (Å²) in [5.74, 6) is -0.613. The van der Waals surface area contributed by atoms with E-state index in [1.54, 1.807) is 12.1 Å². The van der Waals surface area contributed by atoms with Gasteiger partial charge in [0.2, 0.25) is 5.91 Å². The van der Waals surface area contributed by atoms with E-state index in [-0.39, 0.29) is 5.91 Å². The van der Waals surface area contributed by atoms with Gasteiger partial charge in [-0.05, 0) is 30.0 Å². The normalized spacial score (nSPS) is 28.3. The van der Waals surface area contributed by atoms with Crippen molar-refractivity contribution in [2.75, 3.05) is 13.7 Å². The number of hydrogen-bond donors (Lipinski definition) is 2. The molecule has 1 aliphatic carbocycles. The highest BCUT2D eigenvalue weighted by atomic mass is 16.5. The van der Waals surface area contributed by atoms with E-state index in [0.29, 0.717) is 30.5 Å². The molecule has 0 saturated carbocycles. The number of esters is 1. The lowest BCUT2D eigenvalue weighted by molar-refractivity contribution is -0.133. The molecule has 0 bridgehead atoms. The molecule has 1 heterocycles. The van der Waals surface area contributed by atoms with Gasteiger partial charge in [0.1, 0.15) is 0 Å². The quantitative estimate of drug-likeness (QED) is 0.725. The molecule has 100 valence electrons. The summed E-state index contributed by atoms with van der Waals surface area (Å²) in [4.78, 5) is 23.8. The van der Waals surface area contributed by atoms with Gasteiger partial charge in [0.25, 0.3) is 0 Å². The Balaban J connectivity index is 2.11. The lowest BCUT2D eigenvalue weighted by atomic mass is 9.80. The number of nitrogens with one attached hydrogen (secondary N) is 1. The Bertz CT molecular complexity index is 569. The van der Waals surface area contributed by atoms with Crippen molar-refractivity contribution < 1.29 is 19.4 Å². The van der Waals surface area contributed by atoms with Crippen molar-refractivity contribution in [3.63, 3.8) is 0 Å². The van der Waals surface area contributed by atoms with E-state index in [1.807, 2.05) is 6.07 Å². The van der Waals surface area contributed by atoms with Crippen LogP contribution in [0.3, 0.4) is 0 Å². The van der Waals surface area contributed by atoms with Crippen molar-refractivity contribution in [2.45, 2.75) is 18.9 Å². The molecular weight excluding hydrogens is 246 g/mol. The maximum Gasteiger partial charge on any atom is 0.338 e.